The minimum atomic E-state index is -0.226. The Kier molecular flexibility index (Phi) is 2.30. The smallest absolute Gasteiger partial charge is 0.222 e. The minimum Gasteiger partial charge on any atom is -0.369 e. The van der Waals surface area contributed by atoms with Gasteiger partial charge >= 0.3 is 0 Å². The Labute approximate surface area is 81.9 Å². The van der Waals surface area contributed by atoms with Crippen LogP contribution in [0.4, 0.5) is 5.82 Å². The number of anilines is 1. The van der Waals surface area contributed by atoms with Crippen LogP contribution in [-0.2, 0) is 4.79 Å². The van der Waals surface area contributed by atoms with E-state index in [-0.39, 0.29) is 11.8 Å². The Bertz CT molecular complexity index is 327. The van der Waals surface area contributed by atoms with Crippen LogP contribution in [0.2, 0.25) is 0 Å². The van der Waals surface area contributed by atoms with Crippen LogP contribution in [0.15, 0.2) is 18.3 Å². The first-order chi connectivity index (χ1) is 6.77. The molecule has 1 saturated heterocycles. The largest absolute Gasteiger partial charge is 0.369 e. The summed E-state index contributed by atoms with van der Waals surface area (Å²) >= 11 is 0. The number of amides is 1. The van der Waals surface area contributed by atoms with Crippen LogP contribution in [0.3, 0.4) is 0 Å². The molecule has 2 N–H and O–H groups in total. The summed E-state index contributed by atoms with van der Waals surface area (Å²) in [4.78, 5) is 13.0. The lowest BCUT2D eigenvalue weighted by Crippen LogP contribution is -2.27. The molecular weight excluding hydrogens is 180 g/mol. The number of nitrogens with two attached hydrogens (primary N) is 1. The number of nitrogens with zero attached hydrogens (tertiary/aromatic N) is 3. The fourth-order valence-electron chi connectivity index (χ4n) is 1.66. The Balaban J connectivity index is 2.06. The molecule has 1 aliphatic rings. The van der Waals surface area contributed by atoms with Crippen molar-refractivity contribution in [3.63, 3.8) is 0 Å². The summed E-state index contributed by atoms with van der Waals surface area (Å²) in [6, 6.07) is 3.72. The van der Waals surface area contributed by atoms with Crippen molar-refractivity contribution in [3.8, 4) is 0 Å². The molecule has 0 aromatic carbocycles. The third-order valence-electron chi connectivity index (χ3n) is 2.47. The molecule has 1 fully saturated rings. The monoisotopic (exact) mass is 192 g/mol. The van der Waals surface area contributed by atoms with Crippen molar-refractivity contribution in [2.75, 3.05) is 18.0 Å². The van der Waals surface area contributed by atoms with Gasteiger partial charge < -0.3 is 10.6 Å². The van der Waals surface area contributed by atoms with Gasteiger partial charge in [0.2, 0.25) is 5.91 Å². The van der Waals surface area contributed by atoms with E-state index in [0.717, 1.165) is 18.8 Å². The van der Waals surface area contributed by atoms with Crippen LogP contribution >= 0.6 is 0 Å². The molecule has 1 unspecified atom stereocenters. The van der Waals surface area contributed by atoms with Crippen molar-refractivity contribution in [3.05, 3.63) is 18.3 Å². The van der Waals surface area contributed by atoms with Gasteiger partial charge in [0.25, 0.3) is 0 Å². The van der Waals surface area contributed by atoms with Gasteiger partial charge in [-0.2, -0.15) is 5.10 Å². The topological polar surface area (TPSA) is 72.1 Å². The molecule has 1 amide bonds. The normalized spacial score (nSPS) is 21.1. The highest BCUT2D eigenvalue weighted by molar-refractivity contribution is 5.78. The molecule has 74 valence electrons. The zero-order valence-electron chi connectivity index (χ0n) is 7.76. The molecule has 1 aromatic heterocycles. The zero-order valence-corrected chi connectivity index (χ0v) is 7.76. The molecule has 1 atom stereocenters. The van der Waals surface area contributed by atoms with Crippen LogP contribution in [0.25, 0.3) is 0 Å². The van der Waals surface area contributed by atoms with E-state index in [1.165, 1.54) is 0 Å². The summed E-state index contributed by atoms with van der Waals surface area (Å²) < 4.78 is 0. The van der Waals surface area contributed by atoms with Crippen LogP contribution in [-0.4, -0.2) is 29.2 Å². The van der Waals surface area contributed by atoms with Gasteiger partial charge in [-0.3, -0.25) is 4.79 Å². The second kappa shape index (κ2) is 3.61. The molecule has 0 spiro atoms. The molecule has 2 heterocycles. The van der Waals surface area contributed by atoms with E-state index in [0.29, 0.717) is 6.54 Å². The van der Waals surface area contributed by atoms with E-state index >= 15 is 0 Å². The number of aromatic nitrogens is 2. The molecule has 5 heteroatoms. The number of carbonyl (C=O) groups excluding carboxylic acids is 1. The lowest BCUT2D eigenvalue weighted by atomic mass is 10.1. The summed E-state index contributed by atoms with van der Waals surface area (Å²) in [7, 11) is 0. The molecule has 1 aliphatic heterocycles. The van der Waals surface area contributed by atoms with Crippen molar-refractivity contribution in [1.82, 2.24) is 10.2 Å². The number of hydrogen-bond donors (Lipinski definition) is 1. The van der Waals surface area contributed by atoms with Crippen molar-refractivity contribution >= 4 is 11.7 Å². The third kappa shape index (κ3) is 1.66. The van der Waals surface area contributed by atoms with Crippen molar-refractivity contribution < 1.29 is 4.79 Å². The van der Waals surface area contributed by atoms with Gasteiger partial charge in [0, 0.05) is 19.3 Å². The lowest BCUT2D eigenvalue weighted by molar-refractivity contribution is -0.121. The highest BCUT2D eigenvalue weighted by Crippen LogP contribution is 2.20. The van der Waals surface area contributed by atoms with Crippen molar-refractivity contribution in [2.45, 2.75) is 6.42 Å². The number of primary amides is 1. The molecule has 2 rings (SSSR count). The molecule has 1 aromatic rings. The van der Waals surface area contributed by atoms with E-state index in [2.05, 4.69) is 10.2 Å². The van der Waals surface area contributed by atoms with Crippen molar-refractivity contribution in [2.24, 2.45) is 11.7 Å². The van der Waals surface area contributed by atoms with Crippen LogP contribution < -0.4 is 10.6 Å². The fraction of sp³-hybridized carbons (Fsp3) is 0.444. The zero-order chi connectivity index (χ0) is 9.97. The predicted octanol–water partition coefficient (Wildman–Crippen LogP) is -0.212. The Morgan fingerprint density at radius 3 is 3.07 bits per heavy atom. The third-order valence-corrected chi connectivity index (χ3v) is 2.47. The number of hydrogen-bond acceptors (Lipinski definition) is 4. The van der Waals surface area contributed by atoms with Crippen LogP contribution in [0, 0.1) is 5.92 Å². The molecule has 0 bridgehead atoms. The molecule has 0 radical (unpaired) electrons. The summed E-state index contributed by atoms with van der Waals surface area (Å²) in [5.41, 5.74) is 5.24. The van der Waals surface area contributed by atoms with E-state index in [1.807, 2.05) is 17.0 Å². The van der Waals surface area contributed by atoms with Crippen molar-refractivity contribution in [1.29, 1.82) is 0 Å². The van der Waals surface area contributed by atoms with E-state index in [4.69, 9.17) is 5.73 Å². The predicted molar refractivity (Wildman–Crippen MR) is 51.5 cm³/mol. The van der Waals surface area contributed by atoms with Crippen LogP contribution in [0.1, 0.15) is 6.42 Å². The summed E-state index contributed by atoms with van der Waals surface area (Å²) in [5, 5.41) is 7.77. The van der Waals surface area contributed by atoms with E-state index in [1.54, 1.807) is 6.20 Å². The highest BCUT2D eigenvalue weighted by atomic mass is 16.1. The maximum Gasteiger partial charge on any atom is 0.222 e. The minimum absolute atomic E-state index is 0.0444. The number of rotatable bonds is 2. The summed E-state index contributed by atoms with van der Waals surface area (Å²) in [6.07, 6.45) is 2.44. The quantitative estimate of drug-likeness (QED) is 0.703. The second-order valence-electron chi connectivity index (χ2n) is 3.42. The first-order valence-electron chi connectivity index (χ1n) is 4.59. The standard InChI is InChI=1S/C9H12N4O/c10-9(14)7-3-5-13(6-7)8-2-1-4-11-12-8/h1-2,4,7H,3,5-6H2,(H2,10,14). The molecule has 0 aliphatic carbocycles. The SMILES string of the molecule is NC(=O)C1CCN(c2cccnn2)C1. The Morgan fingerprint density at radius 1 is 1.64 bits per heavy atom. The maximum atomic E-state index is 10.9. The van der Waals surface area contributed by atoms with E-state index < -0.39 is 0 Å². The summed E-state index contributed by atoms with van der Waals surface area (Å²) in [6.45, 7) is 1.49. The maximum absolute atomic E-state index is 10.9. The average molecular weight is 192 g/mol. The highest BCUT2D eigenvalue weighted by Gasteiger charge is 2.27. The lowest BCUT2D eigenvalue weighted by Gasteiger charge is -2.15. The molecular formula is C9H12N4O. The molecule has 5 nitrogen and oxygen atoms in total. The van der Waals surface area contributed by atoms with Gasteiger partial charge in [-0.1, -0.05) is 0 Å². The average Bonchev–Trinajstić information content (AvgIpc) is 2.68. The summed E-state index contributed by atoms with van der Waals surface area (Å²) in [5.74, 6) is 0.546. The number of carbonyl (C=O) groups is 1. The van der Waals surface area contributed by atoms with Gasteiger partial charge in [-0.25, -0.2) is 0 Å². The first-order valence-corrected chi connectivity index (χ1v) is 4.59. The van der Waals surface area contributed by atoms with Gasteiger partial charge in [0.15, 0.2) is 5.82 Å². The van der Waals surface area contributed by atoms with Gasteiger partial charge in [-0.15, -0.1) is 5.10 Å². The van der Waals surface area contributed by atoms with E-state index in [9.17, 15) is 4.79 Å². The first kappa shape index (κ1) is 8.93. The Hall–Kier alpha value is -1.65. The molecule has 0 saturated carbocycles. The van der Waals surface area contributed by atoms with Gasteiger partial charge in [0.05, 0.1) is 5.92 Å². The van der Waals surface area contributed by atoms with Crippen LogP contribution in [0.5, 0.6) is 0 Å². The second-order valence-corrected chi connectivity index (χ2v) is 3.42. The van der Waals surface area contributed by atoms with Gasteiger partial charge in [-0.05, 0) is 18.6 Å². The van der Waals surface area contributed by atoms with Gasteiger partial charge in [0.1, 0.15) is 0 Å². The Morgan fingerprint density at radius 2 is 2.50 bits per heavy atom. The fourth-order valence-corrected chi connectivity index (χ4v) is 1.66. The molecule has 14 heavy (non-hydrogen) atoms.